The maximum absolute atomic E-state index is 13.6. The number of para-hydroxylation sites is 1. The highest BCUT2D eigenvalue weighted by molar-refractivity contribution is 6.23. The summed E-state index contributed by atoms with van der Waals surface area (Å²) >= 11 is 0. The number of benzene rings is 3. The summed E-state index contributed by atoms with van der Waals surface area (Å²) in [7, 11) is 1.46. The highest BCUT2D eigenvalue weighted by Gasteiger charge is 2.60. The fourth-order valence-corrected chi connectivity index (χ4v) is 4.38. The smallest absolute Gasteiger partial charge is 0.266 e. The van der Waals surface area contributed by atoms with E-state index in [0.717, 1.165) is 11.3 Å². The Balaban J connectivity index is 1.60. The molecule has 0 unspecified atom stereocenters. The highest BCUT2D eigenvalue weighted by atomic mass is 16.7. The van der Waals surface area contributed by atoms with Crippen molar-refractivity contribution >= 4 is 23.2 Å². The predicted octanol–water partition coefficient (Wildman–Crippen LogP) is 3.76. The van der Waals surface area contributed by atoms with Gasteiger partial charge in [-0.05, 0) is 48.9 Å². The zero-order chi connectivity index (χ0) is 22.4. The van der Waals surface area contributed by atoms with Crippen LogP contribution in [-0.4, -0.2) is 30.1 Å². The number of hydroxylamine groups is 1. The maximum atomic E-state index is 13.6. The van der Waals surface area contributed by atoms with Crippen LogP contribution < -0.4 is 14.7 Å². The molecule has 2 fully saturated rings. The topological polar surface area (TPSA) is 79.3 Å². The number of aromatic hydroxyl groups is 1. The second-order valence-electron chi connectivity index (χ2n) is 7.94. The van der Waals surface area contributed by atoms with Gasteiger partial charge in [0.1, 0.15) is 5.92 Å². The van der Waals surface area contributed by atoms with Crippen molar-refractivity contribution < 1.29 is 24.3 Å². The third-order valence-electron chi connectivity index (χ3n) is 5.96. The van der Waals surface area contributed by atoms with E-state index in [2.05, 4.69) is 0 Å². The van der Waals surface area contributed by atoms with Crippen LogP contribution in [0.4, 0.5) is 11.4 Å². The number of carbonyl (C=O) groups is 2. The van der Waals surface area contributed by atoms with Crippen LogP contribution in [0.5, 0.6) is 11.5 Å². The Kier molecular flexibility index (Phi) is 4.83. The van der Waals surface area contributed by atoms with Crippen molar-refractivity contribution in [2.45, 2.75) is 19.1 Å². The van der Waals surface area contributed by atoms with E-state index in [1.807, 2.05) is 49.4 Å². The van der Waals surface area contributed by atoms with Crippen LogP contribution in [0, 0.1) is 12.8 Å². The molecule has 0 aliphatic carbocycles. The lowest BCUT2D eigenvalue weighted by molar-refractivity contribution is -0.126. The average Bonchev–Trinajstić information content (AvgIpc) is 3.32. The van der Waals surface area contributed by atoms with E-state index in [0.29, 0.717) is 11.3 Å². The summed E-state index contributed by atoms with van der Waals surface area (Å²) in [5.74, 6) is -1.19. The molecular formula is C25H22N2O5. The molecule has 0 saturated carbocycles. The minimum atomic E-state index is -0.950. The molecule has 0 spiro atoms. The summed E-state index contributed by atoms with van der Waals surface area (Å²) in [6.45, 7) is 1.95. The fraction of sp³-hybridized carbons (Fsp3) is 0.200. The van der Waals surface area contributed by atoms with Gasteiger partial charge in [0.2, 0.25) is 5.91 Å². The molecule has 0 radical (unpaired) electrons. The van der Waals surface area contributed by atoms with Crippen LogP contribution in [0.1, 0.15) is 17.2 Å². The molecule has 3 aromatic carbocycles. The molecule has 7 nitrogen and oxygen atoms in total. The SMILES string of the molecule is COc1cc([C@@H]2[C@@H]3C(=O)N(c4ccc(C)cc4)C(=O)[C@H]3ON2c2ccccc2)ccc1O. The molecule has 162 valence electrons. The molecule has 1 N–H and O–H groups in total. The molecule has 2 aliphatic heterocycles. The number of phenols is 1. The summed E-state index contributed by atoms with van der Waals surface area (Å²) in [6, 6.07) is 20.9. The molecule has 32 heavy (non-hydrogen) atoms. The summed E-state index contributed by atoms with van der Waals surface area (Å²) in [4.78, 5) is 34.2. The third kappa shape index (κ3) is 3.09. The van der Waals surface area contributed by atoms with Gasteiger partial charge in [-0.15, -0.1) is 0 Å². The zero-order valence-corrected chi connectivity index (χ0v) is 17.6. The Labute approximate surface area is 185 Å². The van der Waals surface area contributed by atoms with Crippen LogP contribution in [0.15, 0.2) is 72.8 Å². The molecule has 5 rings (SSSR count). The Morgan fingerprint density at radius 3 is 2.31 bits per heavy atom. The van der Waals surface area contributed by atoms with E-state index in [4.69, 9.17) is 9.57 Å². The predicted molar refractivity (Wildman–Crippen MR) is 118 cm³/mol. The second kappa shape index (κ2) is 7.69. The Morgan fingerprint density at radius 2 is 1.62 bits per heavy atom. The van der Waals surface area contributed by atoms with Crippen molar-refractivity contribution in [1.82, 2.24) is 0 Å². The normalized spacial score (nSPS) is 22.4. The number of rotatable bonds is 4. The quantitative estimate of drug-likeness (QED) is 0.635. The lowest BCUT2D eigenvalue weighted by atomic mass is 9.90. The van der Waals surface area contributed by atoms with Gasteiger partial charge < -0.3 is 9.84 Å². The van der Waals surface area contributed by atoms with E-state index in [1.54, 1.807) is 29.3 Å². The first-order chi connectivity index (χ1) is 15.5. The number of hydrogen-bond acceptors (Lipinski definition) is 6. The van der Waals surface area contributed by atoms with Crippen LogP contribution >= 0.6 is 0 Å². The highest BCUT2D eigenvalue weighted by Crippen LogP contribution is 2.48. The molecule has 2 heterocycles. The number of hydrogen-bond donors (Lipinski definition) is 1. The number of nitrogens with zero attached hydrogens (tertiary/aromatic N) is 2. The van der Waals surface area contributed by atoms with Crippen LogP contribution in [0.25, 0.3) is 0 Å². The molecule has 2 saturated heterocycles. The van der Waals surface area contributed by atoms with Crippen molar-refractivity contribution in [3.8, 4) is 11.5 Å². The number of methoxy groups -OCH3 is 1. The zero-order valence-electron chi connectivity index (χ0n) is 17.6. The maximum Gasteiger partial charge on any atom is 0.266 e. The molecule has 3 aromatic rings. The van der Waals surface area contributed by atoms with Crippen LogP contribution in [0.2, 0.25) is 0 Å². The molecule has 0 aromatic heterocycles. The van der Waals surface area contributed by atoms with E-state index in [1.165, 1.54) is 18.1 Å². The number of anilines is 2. The van der Waals surface area contributed by atoms with Gasteiger partial charge in [-0.3, -0.25) is 14.4 Å². The number of aryl methyl sites for hydroxylation is 1. The van der Waals surface area contributed by atoms with Crippen molar-refractivity contribution in [2.24, 2.45) is 5.92 Å². The van der Waals surface area contributed by atoms with E-state index < -0.39 is 24.0 Å². The van der Waals surface area contributed by atoms with Crippen molar-refractivity contribution in [2.75, 3.05) is 17.1 Å². The number of carbonyl (C=O) groups excluding carboxylic acids is 2. The fourth-order valence-electron chi connectivity index (χ4n) is 4.38. The van der Waals surface area contributed by atoms with E-state index >= 15 is 0 Å². The first kappa shape index (κ1) is 20.1. The second-order valence-corrected chi connectivity index (χ2v) is 7.94. The molecule has 2 aliphatic rings. The van der Waals surface area contributed by atoms with Gasteiger partial charge in [0.15, 0.2) is 17.6 Å². The van der Waals surface area contributed by atoms with Gasteiger partial charge in [0.05, 0.1) is 24.5 Å². The van der Waals surface area contributed by atoms with Crippen molar-refractivity contribution in [3.05, 3.63) is 83.9 Å². The molecular weight excluding hydrogens is 408 g/mol. The largest absolute Gasteiger partial charge is 0.504 e. The average molecular weight is 430 g/mol. The third-order valence-corrected chi connectivity index (χ3v) is 5.96. The lowest BCUT2D eigenvalue weighted by Gasteiger charge is -2.29. The van der Waals surface area contributed by atoms with E-state index in [9.17, 15) is 14.7 Å². The number of phenolic OH excluding ortho intramolecular Hbond substituents is 1. The number of amides is 2. The number of imide groups is 1. The monoisotopic (exact) mass is 430 g/mol. The van der Waals surface area contributed by atoms with Crippen molar-refractivity contribution in [3.63, 3.8) is 0 Å². The van der Waals surface area contributed by atoms with Gasteiger partial charge in [0, 0.05) is 0 Å². The summed E-state index contributed by atoms with van der Waals surface area (Å²) in [6.07, 6.45) is -0.950. The minimum Gasteiger partial charge on any atom is -0.504 e. The lowest BCUT2D eigenvalue weighted by Crippen LogP contribution is -2.37. The molecule has 2 amide bonds. The first-order valence-corrected chi connectivity index (χ1v) is 10.3. The van der Waals surface area contributed by atoms with Gasteiger partial charge in [0.25, 0.3) is 5.91 Å². The Bertz CT molecular complexity index is 1180. The standard InChI is InChI=1S/C25H22N2O5/c1-15-8-11-17(12-9-15)26-24(29)21-22(16-10-13-19(28)20(14-16)31-2)27(32-23(21)25(26)30)18-6-4-3-5-7-18/h3-14,21-23,28H,1-2H3/t21-,22+,23-/m0/s1. The first-order valence-electron chi connectivity index (χ1n) is 10.3. The number of ether oxygens (including phenoxy) is 1. The van der Waals surface area contributed by atoms with Crippen LogP contribution in [-0.2, 0) is 14.4 Å². The Hall–Kier alpha value is -3.84. The van der Waals surface area contributed by atoms with Gasteiger partial charge in [-0.1, -0.05) is 42.0 Å². The summed E-state index contributed by atoms with van der Waals surface area (Å²) in [5, 5.41) is 11.7. The molecule has 7 heteroatoms. The molecule has 3 atom stereocenters. The Morgan fingerprint density at radius 1 is 0.906 bits per heavy atom. The summed E-state index contributed by atoms with van der Waals surface area (Å²) in [5.41, 5.74) is 2.98. The van der Waals surface area contributed by atoms with Gasteiger partial charge in [-0.2, -0.15) is 0 Å². The van der Waals surface area contributed by atoms with Crippen molar-refractivity contribution in [1.29, 1.82) is 0 Å². The number of fused-ring (bicyclic) bond motifs is 1. The van der Waals surface area contributed by atoms with Gasteiger partial charge in [-0.25, -0.2) is 9.96 Å². The van der Waals surface area contributed by atoms with Gasteiger partial charge >= 0.3 is 0 Å². The molecule has 0 bridgehead atoms. The summed E-state index contributed by atoms with van der Waals surface area (Å²) < 4.78 is 5.28. The van der Waals surface area contributed by atoms with Crippen LogP contribution in [0.3, 0.4) is 0 Å². The minimum absolute atomic E-state index is 0.00640. The van der Waals surface area contributed by atoms with E-state index in [-0.39, 0.29) is 17.4 Å².